The van der Waals surface area contributed by atoms with Gasteiger partial charge in [-0.25, -0.2) is 4.79 Å². The van der Waals surface area contributed by atoms with Crippen molar-refractivity contribution in [3.05, 3.63) is 29.8 Å². The molecular weight excluding hydrogens is 750 g/mol. The first-order chi connectivity index (χ1) is 27.2. The topological polar surface area (TPSA) is 226 Å². The molecule has 2 aliphatic rings. The van der Waals surface area contributed by atoms with Gasteiger partial charge in [0, 0.05) is 20.0 Å². The van der Waals surface area contributed by atoms with Crippen molar-refractivity contribution >= 4 is 41.4 Å². The fourth-order valence-electron chi connectivity index (χ4n) is 7.31. The second-order valence-electron chi connectivity index (χ2n) is 16.6. The normalized spacial score (nSPS) is 29.8. The number of aliphatic hydroxyl groups is 1. The zero-order chi connectivity index (χ0) is 43.6. The molecule has 1 aromatic rings. The maximum atomic E-state index is 14.4. The van der Waals surface area contributed by atoms with E-state index in [1.165, 1.54) is 37.8 Å². The van der Waals surface area contributed by atoms with Crippen LogP contribution in [0.25, 0.3) is 0 Å². The van der Waals surface area contributed by atoms with Crippen molar-refractivity contribution in [1.82, 2.24) is 20.4 Å². The molecule has 10 atom stereocenters. The van der Waals surface area contributed by atoms with Crippen molar-refractivity contribution in [2.45, 2.75) is 142 Å². The number of ether oxygens (including phenoxy) is 3. The summed E-state index contributed by atoms with van der Waals surface area (Å²) in [5, 5.41) is 16.8. The number of nitrogens with one attached hydrogen (secondary N) is 2. The minimum Gasteiger partial charge on any atom is -0.497 e. The number of Topliss-reactive ketones (excluding diaryl/α,β-unsaturated/α-hetero) is 1. The molecule has 0 aromatic heterocycles. The third kappa shape index (κ3) is 12.2. The Hall–Kier alpha value is -4.57. The number of methoxy groups -OCH3 is 1. The molecule has 1 aromatic carbocycles. The smallest absolute Gasteiger partial charge is 0.329 e. The second kappa shape index (κ2) is 21.4. The number of rotatable bonds is 8. The summed E-state index contributed by atoms with van der Waals surface area (Å²) in [5.74, 6) is -6.51. The van der Waals surface area contributed by atoms with E-state index in [4.69, 9.17) is 14.2 Å². The lowest BCUT2D eigenvalue weighted by atomic mass is 9.91. The molecule has 1 unspecified atom stereocenters. The van der Waals surface area contributed by atoms with Crippen molar-refractivity contribution < 1.29 is 58.6 Å². The Morgan fingerprint density at radius 3 is 2.14 bits per heavy atom. The number of nitrogens with zero attached hydrogens (tertiary/aromatic N) is 2. The number of likely N-dealkylation sites (N-methyl/N-ethyl adjacent to an activating group) is 1. The number of hydrogen-bond acceptors (Lipinski definition) is 11. The Balaban J connectivity index is 2.11. The highest BCUT2D eigenvalue weighted by atomic mass is 16.6. The minimum absolute atomic E-state index is 0.0279. The number of fused-ring (bicyclic) bond motifs is 1. The fraction of sp³-hybridized carbons (Fsp3) is 0.690. The molecule has 324 valence electrons. The van der Waals surface area contributed by atoms with Crippen molar-refractivity contribution in [2.75, 3.05) is 20.7 Å². The predicted octanol–water partition coefficient (Wildman–Crippen LogP) is 1.20. The molecule has 16 heteroatoms. The highest BCUT2D eigenvalue weighted by molar-refractivity contribution is 6.05. The van der Waals surface area contributed by atoms with Gasteiger partial charge in [-0.1, -0.05) is 60.1 Å². The van der Waals surface area contributed by atoms with Crippen molar-refractivity contribution in [3.63, 3.8) is 0 Å². The molecule has 0 radical (unpaired) electrons. The Kier molecular flexibility index (Phi) is 17.7. The van der Waals surface area contributed by atoms with Gasteiger partial charge in [0.05, 0.1) is 31.6 Å². The van der Waals surface area contributed by atoms with Crippen LogP contribution in [0.1, 0.15) is 93.1 Å². The average Bonchev–Trinajstić information content (AvgIpc) is 3.68. The monoisotopic (exact) mass is 816 g/mol. The van der Waals surface area contributed by atoms with E-state index >= 15 is 0 Å². The lowest BCUT2D eigenvalue weighted by Crippen LogP contribution is -2.73. The molecule has 0 saturated carbocycles. The van der Waals surface area contributed by atoms with E-state index < -0.39 is 108 Å². The third-order valence-electron chi connectivity index (χ3n) is 11.3. The largest absolute Gasteiger partial charge is 0.497 e. The van der Waals surface area contributed by atoms with Gasteiger partial charge in [0.25, 0.3) is 5.91 Å². The summed E-state index contributed by atoms with van der Waals surface area (Å²) in [6, 6.07) is 1.59. The van der Waals surface area contributed by atoms with Crippen LogP contribution in [-0.2, 0) is 49.5 Å². The lowest BCUT2D eigenvalue weighted by molar-refractivity contribution is -0.419. The quantitative estimate of drug-likeness (QED) is 0.216. The lowest BCUT2D eigenvalue weighted by Gasteiger charge is -2.34. The maximum absolute atomic E-state index is 14.4. The molecule has 0 aliphatic carbocycles. The SMILES string of the molecule is CC[C@H](C)C1NC(=O)[C@@H]([NH3+])[C@@H](C)OC(=O)[C@H](Cc2ccc(OC)cc2)N(C)C(=O)[C@@H]2CCCN2C(=O)[C@H](CC(C)C)NC(=O)[C@@H](C)C(=O)[C@H](C(C)C)OC(=O)C[C@@H]1O. The van der Waals surface area contributed by atoms with Crippen LogP contribution in [-0.4, -0.2) is 125 Å². The number of aliphatic hydroxyl groups excluding tert-OH is 1. The number of benzene rings is 1. The summed E-state index contributed by atoms with van der Waals surface area (Å²) in [5.41, 5.74) is 4.64. The van der Waals surface area contributed by atoms with E-state index in [1.54, 1.807) is 45.0 Å². The first-order valence-electron chi connectivity index (χ1n) is 20.5. The zero-order valence-corrected chi connectivity index (χ0v) is 35.8. The van der Waals surface area contributed by atoms with E-state index in [1.807, 2.05) is 20.8 Å². The van der Waals surface area contributed by atoms with Gasteiger partial charge in [0.2, 0.25) is 23.8 Å². The summed E-state index contributed by atoms with van der Waals surface area (Å²) >= 11 is 0. The van der Waals surface area contributed by atoms with Crippen LogP contribution in [0.15, 0.2) is 24.3 Å². The van der Waals surface area contributed by atoms with Crippen molar-refractivity contribution in [2.24, 2.45) is 23.7 Å². The number of hydrogen-bond donors (Lipinski definition) is 4. The van der Waals surface area contributed by atoms with Gasteiger partial charge in [-0.15, -0.1) is 0 Å². The predicted molar refractivity (Wildman–Crippen MR) is 213 cm³/mol. The van der Waals surface area contributed by atoms with Crippen molar-refractivity contribution in [1.29, 1.82) is 0 Å². The minimum atomic E-state index is -1.44. The van der Waals surface area contributed by atoms with Gasteiger partial charge in [-0.3, -0.25) is 28.8 Å². The van der Waals surface area contributed by atoms with Gasteiger partial charge in [0.15, 0.2) is 18.0 Å². The Bertz CT molecular complexity index is 1620. The van der Waals surface area contributed by atoms with Gasteiger partial charge in [-0.2, -0.15) is 0 Å². The van der Waals surface area contributed by atoms with Crippen LogP contribution >= 0.6 is 0 Å². The summed E-state index contributed by atoms with van der Waals surface area (Å²) in [6.07, 6.45) is -2.92. The molecule has 0 spiro atoms. The zero-order valence-electron chi connectivity index (χ0n) is 35.8. The van der Waals surface area contributed by atoms with Crippen LogP contribution in [0, 0.1) is 23.7 Å². The van der Waals surface area contributed by atoms with Gasteiger partial charge < -0.3 is 45.5 Å². The standard InChI is InChI=1S/C42H65N5O11/c1-11-24(6)35-32(48)21-33(49)58-37(23(4)5)36(50)25(7)38(51)44-29(19-22(2)3)40(53)47-18-12-13-30(47)41(54)46(9)31(20-27-14-16-28(56-10)17-15-27)42(55)57-26(8)34(43)39(52)45-35/h14-17,22-26,29-32,34-35,37,48H,11-13,18-21,43H2,1-10H3,(H,44,51)(H,45,52)/p+1/t24-,25-,26+,29-,30-,31-,32-,34-,35?,37-/m0/s1. The summed E-state index contributed by atoms with van der Waals surface area (Å²) < 4.78 is 16.7. The Morgan fingerprint density at radius 1 is 0.931 bits per heavy atom. The molecule has 0 bridgehead atoms. The number of amides is 4. The molecular formula is C42H66N5O11+. The van der Waals surface area contributed by atoms with Crippen LogP contribution in [0.4, 0.5) is 0 Å². The van der Waals surface area contributed by atoms with Gasteiger partial charge >= 0.3 is 11.9 Å². The number of cyclic esters (lactones) is 2. The number of esters is 2. The van der Waals surface area contributed by atoms with Crippen LogP contribution in [0.5, 0.6) is 5.75 Å². The van der Waals surface area contributed by atoms with Gasteiger partial charge in [0.1, 0.15) is 23.9 Å². The maximum Gasteiger partial charge on any atom is 0.329 e. The Morgan fingerprint density at radius 2 is 1.57 bits per heavy atom. The number of ketones is 1. The molecule has 2 heterocycles. The number of carbonyl (C=O) groups is 7. The first kappa shape index (κ1) is 47.8. The van der Waals surface area contributed by atoms with Crippen LogP contribution < -0.4 is 21.1 Å². The summed E-state index contributed by atoms with van der Waals surface area (Å²) in [7, 11) is 2.99. The van der Waals surface area contributed by atoms with Crippen LogP contribution in [0.3, 0.4) is 0 Å². The highest BCUT2D eigenvalue weighted by Gasteiger charge is 2.44. The second-order valence-corrected chi connectivity index (χ2v) is 16.6. The van der Waals surface area contributed by atoms with E-state index in [9.17, 15) is 38.7 Å². The highest BCUT2D eigenvalue weighted by Crippen LogP contribution is 2.25. The van der Waals surface area contributed by atoms with Crippen molar-refractivity contribution in [3.8, 4) is 5.75 Å². The van der Waals surface area contributed by atoms with Crippen LogP contribution in [0.2, 0.25) is 0 Å². The van der Waals surface area contributed by atoms with E-state index in [0.717, 1.165) is 0 Å². The molecule has 2 fully saturated rings. The first-order valence-corrected chi connectivity index (χ1v) is 20.5. The molecule has 3 rings (SSSR count). The molecule has 6 N–H and O–H groups in total. The fourth-order valence-corrected chi connectivity index (χ4v) is 7.31. The molecule has 16 nitrogen and oxygen atoms in total. The van der Waals surface area contributed by atoms with E-state index in [2.05, 4.69) is 16.4 Å². The Labute approximate surface area is 342 Å². The van der Waals surface area contributed by atoms with Gasteiger partial charge in [-0.05, 0) is 68.6 Å². The summed E-state index contributed by atoms with van der Waals surface area (Å²) in [6.45, 7) is 13.8. The molecule has 2 aliphatic heterocycles. The average molecular weight is 817 g/mol. The van der Waals surface area contributed by atoms with E-state index in [0.29, 0.717) is 30.6 Å². The number of carbonyl (C=O) groups excluding carboxylic acids is 7. The molecule has 58 heavy (non-hydrogen) atoms. The molecule has 4 amide bonds. The third-order valence-corrected chi connectivity index (χ3v) is 11.3. The molecule has 2 saturated heterocycles. The van der Waals surface area contributed by atoms with E-state index in [-0.39, 0.29) is 31.2 Å². The number of quaternary nitrogens is 1. The summed E-state index contributed by atoms with van der Waals surface area (Å²) in [4.78, 5) is 99.9.